The van der Waals surface area contributed by atoms with E-state index >= 15 is 0 Å². The van der Waals surface area contributed by atoms with Crippen LogP contribution in [0.25, 0.3) is 0 Å². The Hall–Kier alpha value is -0.0800. The first-order chi connectivity index (χ1) is 5.20. The molecule has 1 aliphatic carbocycles. The highest BCUT2D eigenvalue weighted by molar-refractivity contribution is 4.85. The second-order valence-corrected chi connectivity index (χ2v) is 4.00. The van der Waals surface area contributed by atoms with Gasteiger partial charge in [-0.25, -0.2) is 0 Å². The van der Waals surface area contributed by atoms with Gasteiger partial charge in [-0.05, 0) is 19.3 Å². The first-order valence-corrected chi connectivity index (χ1v) is 4.52. The van der Waals surface area contributed by atoms with Crippen molar-refractivity contribution in [3.8, 4) is 0 Å². The van der Waals surface area contributed by atoms with Gasteiger partial charge < -0.3 is 9.47 Å². The Morgan fingerprint density at radius 1 is 1.36 bits per heavy atom. The Kier molecular flexibility index (Phi) is 1.69. The highest BCUT2D eigenvalue weighted by Gasteiger charge is 2.44. The number of rotatable bonds is 0. The first-order valence-electron chi connectivity index (χ1n) is 4.52. The molecule has 2 aliphatic rings. The maximum atomic E-state index is 5.76. The third-order valence-electron chi connectivity index (χ3n) is 2.67. The highest BCUT2D eigenvalue weighted by atomic mass is 16.7. The lowest BCUT2D eigenvalue weighted by Crippen LogP contribution is -2.26. The molecule has 1 aliphatic heterocycles. The zero-order valence-electron chi connectivity index (χ0n) is 7.30. The largest absolute Gasteiger partial charge is 0.347 e. The van der Waals surface area contributed by atoms with Crippen molar-refractivity contribution in [1.82, 2.24) is 0 Å². The van der Waals surface area contributed by atoms with Crippen LogP contribution >= 0.6 is 0 Å². The molecule has 0 aromatic heterocycles. The maximum Gasteiger partial charge on any atom is 0.169 e. The molecule has 2 fully saturated rings. The second kappa shape index (κ2) is 2.46. The SMILES string of the molecule is CC1CCC2(C1)OCC(C)O2. The fourth-order valence-corrected chi connectivity index (χ4v) is 2.14. The third kappa shape index (κ3) is 1.30. The van der Waals surface area contributed by atoms with Crippen molar-refractivity contribution in [2.24, 2.45) is 5.92 Å². The van der Waals surface area contributed by atoms with Crippen LogP contribution in [0, 0.1) is 5.92 Å². The smallest absolute Gasteiger partial charge is 0.169 e. The Morgan fingerprint density at radius 3 is 2.64 bits per heavy atom. The number of hydrogen-bond donors (Lipinski definition) is 0. The minimum atomic E-state index is -0.168. The van der Waals surface area contributed by atoms with Crippen LogP contribution in [-0.2, 0) is 9.47 Å². The van der Waals surface area contributed by atoms with Crippen LogP contribution in [0.15, 0.2) is 0 Å². The summed E-state index contributed by atoms with van der Waals surface area (Å²) >= 11 is 0. The normalized spacial score (nSPS) is 50.7. The molecule has 2 nitrogen and oxygen atoms in total. The molecular weight excluding hydrogens is 140 g/mol. The highest BCUT2D eigenvalue weighted by Crippen LogP contribution is 2.41. The van der Waals surface area contributed by atoms with Crippen molar-refractivity contribution in [3.63, 3.8) is 0 Å². The molecule has 2 rings (SSSR count). The summed E-state index contributed by atoms with van der Waals surface area (Å²) in [4.78, 5) is 0. The molecule has 0 N–H and O–H groups in total. The summed E-state index contributed by atoms with van der Waals surface area (Å²) in [6, 6.07) is 0. The van der Waals surface area contributed by atoms with Gasteiger partial charge in [0.05, 0.1) is 12.7 Å². The van der Waals surface area contributed by atoms with Gasteiger partial charge >= 0.3 is 0 Å². The van der Waals surface area contributed by atoms with E-state index in [1.54, 1.807) is 0 Å². The first kappa shape index (κ1) is 7.56. The summed E-state index contributed by atoms with van der Waals surface area (Å²) in [5.41, 5.74) is 0. The molecule has 0 amide bonds. The molecule has 0 radical (unpaired) electrons. The van der Waals surface area contributed by atoms with E-state index in [1.165, 1.54) is 6.42 Å². The van der Waals surface area contributed by atoms with Crippen LogP contribution in [0.2, 0.25) is 0 Å². The van der Waals surface area contributed by atoms with Gasteiger partial charge in [0.25, 0.3) is 0 Å². The van der Waals surface area contributed by atoms with Crippen molar-refractivity contribution in [2.75, 3.05) is 6.61 Å². The molecule has 1 saturated heterocycles. The van der Waals surface area contributed by atoms with Gasteiger partial charge in [-0.1, -0.05) is 6.92 Å². The van der Waals surface area contributed by atoms with E-state index < -0.39 is 0 Å². The molecule has 64 valence electrons. The molecule has 3 atom stereocenters. The van der Waals surface area contributed by atoms with Crippen LogP contribution in [0.3, 0.4) is 0 Å². The molecule has 1 saturated carbocycles. The standard InChI is InChI=1S/C9H16O2/c1-7-3-4-9(5-7)10-6-8(2)11-9/h7-8H,3-6H2,1-2H3. The van der Waals surface area contributed by atoms with Gasteiger partial charge in [0.1, 0.15) is 0 Å². The summed E-state index contributed by atoms with van der Waals surface area (Å²) in [7, 11) is 0. The van der Waals surface area contributed by atoms with Gasteiger partial charge in [-0.2, -0.15) is 0 Å². The van der Waals surface area contributed by atoms with Crippen LogP contribution < -0.4 is 0 Å². The van der Waals surface area contributed by atoms with Crippen molar-refractivity contribution < 1.29 is 9.47 Å². The van der Waals surface area contributed by atoms with E-state index in [1.807, 2.05) is 0 Å². The maximum absolute atomic E-state index is 5.76. The average molecular weight is 156 g/mol. The van der Waals surface area contributed by atoms with E-state index in [9.17, 15) is 0 Å². The molecule has 3 unspecified atom stereocenters. The summed E-state index contributed by atoms with van der Waals surface area (Å²) < 4.78 is 11.4. The summed E-state index contributed by atoms with van der Waals surface area (Å²) in [6.45, 7) is 5.13. The van der Waals surface area contributed by atoms with E-state index in [-0.39, 0.29) is 5.79 Å². The van der Waals surface area contributed by atoms with E-state index in [2.05, 4.69) is 13.8 Å². The lowest BCUT2D eigenvalue weighted by atomic mass is 10.1. The summed E-state index contributed by atoms with van der Waals surface area (Å²) in [5, 5.41) is 0. The second-order valence-electron chi connectivity index (χ2n) is 4.00. The Labute approximate surface area is 67.9 Å². The van der Waals surface area contributed by atoms with Gasteiger partial charge in [-0.3, -0.25) is 0 Å². The fraction of sp³-hybridized carbons (Fsp3) is 1.00. The molecule has 0 bridgehead atoms. The van der Waals surface area contributed by atoms with E-state index in [0.29, 0.717) is 6.10 Å². The fourth-order valence-electron chi connectivity index (χ4n) is 2.14. The van der Waals surface area contributed by atoms with Crippen molar-refractivity contribution in [2.45, 2.75) is 45.0 Å². The van der Waals surface area contributed by atoms with Crippen LogP contribution in [0.4, 0.5) is 0 Å². The number of hydrogen-bond acceptors (Lipinski definition) is 2. The molecule has 0 aromatic carbocycles. The lowest BCUT2D eigenvalue weighted by molar-refractivity contribution is -0.161. The van der Waals surface area contributed by atoms with E-state index in [0.717, 1.165) is 25.4 Å². The summed E-state index contributed by atoms with van der Waals surface area (Å²) in [5.74, 6) is 0.610. The van der Waals surface area contributed by atoms with Crippen LogP contribution in [0.5, 0.6) is 0 Å². The number of ether oxygens (including phenoxy) is 2. The zero-order valence-corrected chi connectivity index (χ0v) is 7.30. The van der Waals surface area contributed by atoms with Crippen molar-refractivity contribution >= 4 is 0 Å². The van der Waals surface area contributed by atoms with Crippen LogP contribution in [-0.4, -0.2) is 18.5 Å². The van der Waals surface area contributed by atoms with Crippen LogP contribution in [0.1, 0.15) is 33.1 Å². The van der Waals surface area contributed by atoms with Gasteiger partial charge in [-0.15, -0.1) is 0 Å². The lowest BCUT2D eigenvalue weighted by Gasteiger charge is -2.21. The summed E-state index contributed by atoms with van der Waals surface area (Å²) in [6.07, 6.45) is 3.75. The third-order valence-corrected chi connectivity index (χ3v) is 2.67. The Morgan fingerprint density at radius 2 is 2.18 bits per heavy atom. The average Bonchev–Trinajstić information content (AvgIpc) is 2.44. The minimum absolute atomic E-state index is 0.168. The molecule has 11 heavy (non-hydrogen) atoms. The quantitative estimate of drug-likeness (QED) is 0.533. The Bertz CT molecular complexity index is 138. The van der Waals surface area contributed by atoms with Gasteiger partial charge in [0.2, 0.25) is 0 Å². The molecule has 2 heteroatoms. The predicted molar refractivity (Wildman–Crippen MR) is 42.2 cm³/mol. The molecule has 1 spiro atoms. The Balaban J connectivity index is 2.02. The minimum Gasteiger partial charge on any atom is -0.347 e. The molecule has 1 heterocycles. The van der Waals surface area contributed by atoms with E-state index in [4.69, 9.17) is 9.47 Å². The van der Waals surface area contributed by atoms with Crippen molar-refractivity contribution in [3.05, 3.63) is 0 Å². The molecule has 0 aromatic rings. The van der Waals surface area contributed by atoms with Crippen molar-refractivity contribution in [1.29, 1.82) is 0 Å². The molecular formula is C9H16O2. The predicted octanol–water partition coefficient (Wildman–Crippen LogP) is 1.94. The van der Waals surface area contributed by atoms with Gasteiger partial charge in [0, 0.05) is 12.8 Å². The topological polar surface area (TPSA) is 18.5 Å². The zero-order chi connectivity index (χ0) is 7.90. The van der Waals surface area contributed by atoms with Gasteiger partial charge in [0.15, 0.2) is 5.79 Å². The monoisotopic (exact) mass is 156 g/mol.